The number of halogens is 5. The van der Waals surface area contributed by atoms with Gasteiger partial charge in [0.2, 0.25) is 47.6 Å². The van der Waals surface area contributed by atoms with E-state index in [1.54, 1.807) is 7.11 Å². The summed E-state index contributed by atoms with van der Waals surface area (Å²) < 4.78 is 91.8. The SMILES string of the molecule is COC(=O)/C=C(/OC(CCl)CCl)C(=O)OC.COC(=O)/C=C(/OC(Cl)CCl)C(=O)OC.COC(=O)/C=C(/OCCCCl)C(=O)OC.COC(=O)/C=C(/OCC[N+](=O)[O-])C(=O)OC.COCCOCCO/C(=C/C(=O)OC)C(=O)OC.[C-]#[N+]CCO/C(=C/C(=O)OC)C(=O)OC. The molecule has 0 aromatic carbocycles. The predicted octanol–water partition coefficient (Wildman–Crippen LogP) is 2.54. The highest BCUT2D eigenvalue weighted by atomic mass is 35.5. The van der Waals surface area contributed by atoms with Crippen molar-refractivity contribution in [2.24, 2.45) is 0 Å². The van der Waals surface area contributed by atoms with Crippen molar-refractivity contribution in [2.75, 3.05) is 175 Å². The fraction of sp³-hybridized carbons (Fsp3) is 0.537. The molecule has 0 heterocycles. The number of hydrogen-bond acceptors (Lipinski definition) is 34. The summed E-state index contributed by atoms with van der Waals surface area (Å²) in [4.78, 5) is 144. The van der Waals surface area contributed by atoms with Crippen LogP contribution in [-0.2, 0) is 152 Å². The maximum absolute atomic E-state index is 11.2. The Balaban J connectivity index is -0.000000250. The van der Waals surface area contributed by atoms with E-state index in [1.165, 1.54) is 42.7 Å². The second-order valence-corrected chi connectivity index (χ2v) is 16.6. The second-order valence-electron chi connectivity index (χ2n) is 14.9. The first-order valence-electron chi connectivity index (χ1n) is 25.6. The molecule has 0 rings (SSSR count). The van der Waals surface area contributed by atoms with Crippen LogP contribution in [0, 0.1) is 16.7 Å². The van der Waals surface area contributed by atoms with Crippen molar-refractivity contribution in [3.8, 4) is 0 Å². The van der Waals surface area contributed by atoms with E-state index in [0.717, 1.165) is 79.1 Å². The van der Waals surface area contributed by atoms with Crippen LogP contribution in [0.4, 0.5) is 0 Å². The van der Waals surface area contributed by atoms with Crippen molar-refractivity contribution in [1.29, 1.82) is 0 Å². The van der Waals surface area contributed by atoms with Gasteiger partial charge in [-0.05, 0) is 6.42 Å². The number of hydrogen-bond donors (Lipinski definition) is 0. The van der Waals surface area contributed by atoms with Crippen LogP contribution in [0.25, 0.3) is 4.85 Å². The molecule has 0 aliphatic heterocycles. The van der Waals surface area contributed by atoms with Crippen molar-refractivity contribution < 1.29 is 157 Å². The number of rotatable bonds is 37. The van der Waals surface area contributed by atoms with E-state index < -0.39 is 101 Å². The molecule has 1 unspecified atom stereocenters. The Morgan fingerprint density at radius 2 is 0.695 bits per heavy atom. The highest BCUT2D eigenvalue weighted by molar-refractivity contribution is 6.27. The monoisotopic (exact) mass is 1470 g/mol. The average molecular weight is 1470 g/mol. The molecule has 0 fully saturated rings. The molecule has 0 saturated carbocycles. The number of esters is 12. The zero-order valence-electron chi connectivity index (χ0n) is 53.7. The van der Waals surface area contributed by atoms with Gasteiger partial charge in [0.25, 0.3) is 0 Å². The van der Waals surface area contributed by atoms with Crippen molar-refractivity contribution in [2.45, 2.75) is 18.1 Å². The quantitative estimate of drug-likeness (QED) is 0.00992. The van der Waals surface area contributed by atoms with Crippen LogP contribution in [0.3, 0.4) is 0 Å². The zero-order chi connectivity index (χ0) is 74.1. The minimum Gasteiger partial charge on any atom is -0.486 e. The first-order chi connectivity index (χ1) is 45.1. The number of alkyl halides is 5. The lowest BCUT2D eigenvalue weighted by Gasteiger charge is -2.14. The Kier molecular flexibility index (Phi) is 68.1. The molecule has 0 amide bonds. The average Bonchev–Trinajstić information content (AvgIpc) is 3.70. The van der Waals surface area contributed by atoms with Gasteiger partial charge >= 0.3 is 71.6 Å². The maximum atomic E-state index is 11.2. The summed E-state index contributed by atoms with van der Waals surface area (Å²) in [6.45, 7) is 7.28. The van der Waals surface area contributed by atoms with Gasteiger partial charge in [-0.2, -0.15) is 0 Å². The fourth-order valence-corrected chi connectivity index (χ4v) is 4.82. The van der Waals surface area contributed by atoms with Crippen LogP contribution in [-0.4, -0.2) is 264 Å². The summed E-state index contributed by atoms with van der Waals surface area (Å²) >= 11 is 27.4. The fourth-order valence-electron chi connectivity index (χ4n) is 4.10. The summed E-state index contributed by atoms with van der Waals surface area (Å²) in [6.07, 6.45) is 5.16. The number of ether oxygens (including phenoxy) is 20. The van der Waals surface area contributed by atoms with Gasteiger partial charge in [-0.15, -0.1) is 46.4 Å². The standard InChI is InChI=1S/C11H18O7.C9H12Cl2O5.C9H13ClO5.C9H11NO5.C8H10Cl2O5.C8H11NO7/c1-14-4-5-17-6-7-18-9(11(13)16-3)8-10(12)15-2;1-14-8(12)3-7(9(13)15-2)16-6(4-10)5-11;1-13-8(11)6-7(9(12)14-2)15-5-3-4-10;1-10-4-5-15-7(9(12)14-3)6-8(11)13-2;1-13-7(11)3-5(8(12)14-2)15-6(10)4-9;1-14-7(10)5-6(8(11)15-2)16-4-3-9(12)13/h8H,4-7H2,1-3H3;3,6H,4-5H2,1-2H3;6H,3-5H2,1-2H3;6H,4-5H2,2-3H3;3,6H,4H2,1-2H3;5H,3-4H2,1-2H3/b9-8+;7-3+;2*7-6+;5-3+;6-5+. The third-order valence-corrected chi connectivity index (χ3v) is 10.1. The number of carbonyl (C=O) groups excluding carboxylic acids is 12. The maximum Gasteiger partial charge on any atom is 0.373 e. The lowest BCUT2D eigenvalue weighted by molar-refractivity contribution is -0.482. The summed E-state index contributed by atoms with van der Waals surface area (Å²) in [7, 11) is 15.5. The Bertz CT molecular complexity index is 2580. The predicted molar refractivity (Wildman–Crippen MR) is 326 cm³/mol. The number of nitrogens with zero attached hydrogens (tertiary/aromatic N) is 2. The third-order valence-electron chi connectivity index (χ3n) is 8.48. The van der Waals surface area contributed by atoms with Crippen molar-refractivity contribution in [3.05, 3.63) is 92.5 Å². The molecule has 41 heteroatoms. The zero-order valence-corrected chi connectivity index (χ0v) is 57.5. The summed E-state index contributed by atoms with van der Waals surface area (Å²) in [5, 5.41) is 10.00. The van der Waals surface area contributed by atoms with Gasteiger partial charge in [0.15, 0.2) is 18.8 Å². The summed E-state index contributed by atoms with van der Waals surface area (Å²) in [5.74, 6) is -10.5. The van der Waals surface area contributed by atoms with Gasteiger partial charge in [-0.25, -0.2) is 64.1 Å². The summed E-state index contributed by atoms with van der Waals surface area (Å²) in [5.41, 5.74) is -0.929. The molecule has 0 bridgehead atoms. The minimum atomic E-state index is -0.929. The molecule has 0 radical (unpaired) electrons. The summed E-state index contributed by atoms with van der Waals surface area (Å²) in [6, 6.07) is 0. The van der Waals surface area contributed by atoms with E-state index in [4.69, 9.17) is 102 Å². The highest BCUT2D eigenvalue weighted by Gasteiger charge is 2.21. The first kappa shape index (κ1) is 97.2. The molecule has 95 heavy (non-hydrogen) atoms. The third kappa shape index (κ3) is 57.5. The number of carbonyl (C=O) groups is 12. The van der Waals surface area contributed by atoms with Crippen LogP contribution in [0.2, 0.25) is 0 Å². The topological polar surface area (TPSA) is 437 Å². The molecule has 0 spiro atoms. The smallest absolute Gasteiger partial charge is 0.373 e. The molecule has 0 aromatic rings. The van der Waals surface area contributed by atoms with E-state index in [2.05, 4.69) is 61.7 Å². The highest BCUT2D eigenvalue weighted by Crippen LogP contribution is 2.12. The molecule has 0 aliphatic rings. The molecule has 540 valence electrons. The molecule has 0 N–H and O–H groups in total. The van der Waals surface area contributed by atoms with E-state index >= 15 is 0 Å². The molecule has 0 aromatic heterocycles. The second kappa shape index (κ2) is 66.6. The van der Waals surface area contributed by atoms with Crippen LogP contribution >= 0.6 is 58.0 Å². The lowest BCUT2D eigenvalue weighted by atomic mass is 10.4. The minimum absolute atomic E-state index is 0.0153. The van der Waals surface area contributed by atoms with Gasteiger partial charge in [-0.3, -0.25) is 10.1 Å². The lowest BCUT2D eigenvalue weighted by Crippen LogP contribution is -2.21. The van der Waals surface area contributed by atoms with E-state index in [9.17, 15) is 67.6 Å². The molecule has 0 saturated heterocycles. The van der Waals surface area contributed by atoms with Crippen LogP contribution in [0.1, 0.15) is 6.42 Å². The van der Waals surface area contributed by atoms with E-state index in [1.807, 2.05) is 0 Å². The molecule has 36 nitrogen and oxygen atoms in total. The Hall–Kier alpha value is -8.86. The van der Waals surface area contributed by atoms with Crippen molar-refractivity contribution in [1.82, 2.24) is 0 Å². The Labute approximate surface area is 570 Å². The van der Waals surface area contributed by atoms with Crippen LogP contribution in [0.5, 0.6) is 0 Å². The molecule has 1 atom stereocenters. The van der Waals surface area contributed by atoms with Gasteiger partial charge in [0, 0.05) is 17.9 Å². The molecule has 0 aliphatic carbocycles. The number of nitro groups is 1. The Morgan fingerprint density at radius 3 is 0.979 bits per heavy atom. The number of methoxy groups -OCH3 is 13. The van der Waals surface area contributed by atoms with Gasteiger partial charge in [0.1, 0.15) is 12.7 Å². The van der Waals surface area contributed by atoms with Gasteiger partial charge in [0.05, 0.1) is 166 Å². The van der Waals surface area contributed by atoms with Gasteiger partial charge in [-0.1, -0.05) is 11.6 Å². The van der Waals surface area contributed by atoms with E-state index in [0.29, 0.717) is 25.5 Å². The Morgan fingerprint density at radius 1 is 0.400 bits per heavy atom. The largest absolute Gasteiger partial charge is 0.486 e. The van der Waals surface area contributed by atoms with Crippen LogP contribution in [0.15, 0.2) is 71.0 Å². The molecular weight excluding hydrogens is 1400 g/mol. The van der Waals surface area contributed by atoms with Gasteiger partial charge < -0.3 is 99.6 Å². The van der Waals surface area contributed by atoms with Crippen molar-refractivity contribution in [3.63, 3.8) is 0 Å². The van der Waals surface area contributed by atoms with Crippen LogP contribution < -0.4 is 0 Å². The first-order valence-corrected chi connectivity index (χ1v) is 28.2. The van der Waals surface area contributed by atoms with E-state index in [-0.39, 0.29) is 86.0 Å². The normalized spacial score (nSPS) is 11.1. The van der Waals surface area contributed by atoms with Crippen molar-refractivity contribution >= 4 is 130 Å². The molecular formula is C54H75Cl5N2O34.